The van der Waals surface area contributed by atoms with E-state index >= 15 is 0 Å². The van der Waals surface area contributed by atoms with Crippen molar-refractivity contribution in [3.63, 3.8) is 0 Å². The third kappa shape index (κ3) is 17.4. The second kappa shape index (κ2) is 17.6. The smallest absolute Gasteiger partial charge is 0.334 e. The number of nitrogens with two attached hydrogens (primary N) is 3. The van der Waals surface area contributed by atoms with Crippen molar-refractivity contribution >= 4 is 23.5 Å². The van der Waals surface area contributed by atoms with E-state index in [1.165, 1.54) is 18.0 Å². The predicted molar refractivity (Wildman–Crippen MR) is 103 cm³/mol. The van der Waals surface area contributed by atoms with Crippen LogP contribution in [0.4, 0.5) is 5.82 Å². The van der Waals surface area contributed by atoms with Gasteiger partial charge in [0.05, 0.1) is 13.1 Å². The zero-order valence-electron chi connectivity index (χ0n) is 15.0. The molecule has 0 spiro atoms. The minimum Gasteiger partial charge on any atom is -0.486 e. The molecule has 0 aliphatic rings. The Bertz CT molecular complexity index is 631. The van der Waals surface area contributed by atoms with Crippen LogP contribution in [0.15, 0.2) is 28.4 Å². The SMILES string of the molecule is Cc1cc(N)n[nH]1.NN.[C-]#[N+]/C(C(=O)O)=C(\C)SC.[C-]#[N+]C=C(C)C. The highest BCUT2D eigenvalue weighted by Gasteiger charge is 2.09. The summed E-state index contributed by atoms with van der Waals surface area (Å²) in [5.41, 5.74) is 7.11. The first-order valence-corrected chi connectivity index (χ1v) is 7.88. The van der Waals surface area contributed by atoms with Crippen molar-refractivity contribution in [2.24, 2.45) is 11.7 Å². The van der Waals surface area contributed by atoms with Crippen LogP contribution in [0.2, 0.25) is 0 Å². The molecular weight excluding hydrogens is 342 g/mol. The number of hydrogen-bond donors (Lipinski definition) is 5. The van der Waals surface area contributed by atoms with Gasteiger partial charge in [-0.05, 0) is 25.0 Å². The molecule has 8 N–H and O–H groups in total. The molecule has 9 nitrogen and oxygen atoms in total. The molecule has 0 atom stereocenters. The molecule has 0 aliphatic heterocycles. The number of allylic oxidation sites excluding steroid dienone is 2. The summed E-state index contributed by atoms with van der Waals surface area (Å²) in [4.78, 5) is 16.7. The molecule has 0 fully saturated rings. The van der Waals surface area contributed by atoms with Crippen LogP contribution < -0.4 is 17.4 Å². The lowest BCUT2D eigenvalue weighted by Crippen LogP contribution is -2.02. The van der Waals surface area contributed by atoms with Crippen LogP contribution in [0.5, 0.6) is 0 Å². The number of carboxylic acid groups (broad SMARTS) is 1. The lowest BCUT2D eigenvalue weighted by atomic mass is 10.4. The van der Waals surface area contributed by atoms with Gasteiger partial charge in [-0.15, -0.1) is 11.8 Å². The Balaban J connectivity index is -0.000000285. The van der Waals surface area contributed by atoms with Crippen LogP contribution in [0.25, 0.3) is 9.69 Å². The second-order valence-electron chi connectivity index (χ2n) is 4.34. The van der Waals surface area contributed by atoms with Crippen molar-refractivity contribution in [3.05, 3.63) is 57.0 Å². The number of nitrogens with one attached hydrogen (secondary N) is 1. The van der Waals surface area contributed by atoms with Crippen molar-refractivity contribution in [3.8, 4) is 0 Å². The molecule has 0 radical (unpaired) electrons. The molecule has 1 rings (SSSR count). The fourth-order valence-corrected chi connectivity index (χ4v) is 1.27. The molecule has 1 heterocycles. The maximum atomic E-state index is 10.2. The van der Waals surface area contributed by atoms with Crippen LogP contribution in [-0.4, -0.2) is 27.5 Å². The van der Waals surface area contributed by atoms with Gasteiger partial charge in [-0.25, -0.2) is 9.69 Å². The molecule has 0 aliphatic carbocycles. The van der Waals surface area contributed by atoms with Crippen LogP contribution in [0.3, 0.4) is 0 Å². The van der Waals surface area contributed by atoms with Crippen molar-refractivity contribution < 1.29 is 9.90 Å². The maximum Gasteiger partial charge on any atom is 0.334 e. The Morgan fingerprint density at radius 3 is 1.96 bits per heavy atom. The highest BCUT2D eigenvalue weighted by Crippen LogP contribution is 2.16. The average Bonchev–Trinajstić information content (AvgIpc) is 2.93. The molecule has 0 saturated carbocycles. The standard InChI is InChI=1S/C6H7NO2S.C5H7N.C4H7N3.H4N2/c1-4(10-3)5(7-2)6(8)9;1-5(2)4-6-3;1-3-2-4(5)7-6-3;1-2/h1,3H3,(H,8,9);4H,1-2H3;2H,1H3,(H3,5,6,7);1-2H2/b5-4+;;;. The number of hydrogen-bond acceptors (Lipinski definition) is 6. The molecular formula is C15H25N7O2S. The Hall–Kier alpha value is -2.79. The third-order valence-corrected chi connectivity index (χ3v) is 2.81. The van der Waals surface area contributed by atoms with Gasteiger partial charge < -0.3 is 10.8 Å². The summed E-state index contributed by atoms with van der Waals surface area (Å²) in [6, 6.07) is 1.78. The minimum absolute atomic E-state index is 0.187. The van der Waals surface area contributed by atoms with Gasteiger partial charge in [-0.3, -0.25) is 21.6 Å². The number of aryl methyl sites for hydroxylation is 1. The van der Waals surface area contributed by atoms with E-state index in [9.17, 15) is 4.79 Å². The summed E-state index contributed by atoms with van der Waals surface area (Å²) in [6.45, 7) is 20.1. The van der Waals surface area contributed by atoms with Gasteiger partial charge in [-0.2, -0.15) is 5.10 Å². The first-order valence-electron chi connectivity index (χ1n) is 6.65. The van der Waals surface area contributed by atoms with E-state index in [1.54, 1.807) is 19.2 Å². The van der Waals surface area contributed by atoms with Gasteiger partial charge in [0.2, 0.25) is 0 Å². The predicted octanol–water partition coefficient (Wildman–Crippen LogP) is 2.53. The molecule has 25 heavy (non-hydrogen) atoms. The van der Waals surface area contributed by atoms with Crippen LogP contribution in [0.1, 0.15) is 26.5 Å². The average molecular weight is 367 g/mol. The molecule has 1 aromatic rings. The Morgan fingerprint density at radius 2 is 1.88 bits per heavy atom. The zero-order valence-corrected chi connectivity index (χ0v) is 15.8. The highest BCUT2D eigenvalue weighted by atomic mass is 32.2. The number of carbonyl (C=O) groups is 1. The first kappa shape index (κ1) is 27.1. The van der Waals surface area contributed by atoms with E-state index < -0.39 is 5.97 Å². The van der Waals surface area contributed by atoms with Gasteiger partial charge in [0.15, 0.2) is 6.20 Å². The number of aromatic nitrogens is 2. The van der Waals surface area contributed by atoms with E-state index in [4.69, 9.17) is 24.0 Å². The topological polar surface area (TPSA) is 153 Å². The van der Waals surface area contributed by atoms with Crippen molar-refractivity contribution in [1.82, 2.24) is 10.2 Å². The summed E-state index contributed by atoms with van der Waals surface area (Å²) < 4.78 is 0. The minimum atomic E-state index is -1.15. The second-order valence-corrected chi connectivity index (χ2v) is 5.36. The third-order valence-electron chi connectivity index (χ3n) is 2.00. The number of anilines is 1. The van der Waals surface area contributed by atoms with Crippen molar-refractivity contribution in [2.75, 3.05) is 12.0 Å². The number of rotatable bonds is 2. The lowest BCUT2D eigenvalue weighted by molar-refractivity contribution is -0.132. The van der Waals surface area contributed by atoms with Crippen LogP contribution in [0, 0.1) is 20.1 Å². The van der Waals surface area contributed by atoms with Crippen LogP contribution in [-0.2, 0) is 4.79 Å². The van der Waals surface area contributed by atoms with E-state index in [0.717, 1.165) is 11.3 Å². The number of hydrazine groups is 1. The van der Waals surface area contributed by atoms with Crippen molar-refractivity contribution in [2.45, 2.75) is 27.7 Å². The number of aliphatic carboxylic acids is 1. The monoisotopic (exact) mass is 367 g/mol. The maximum absolute atomic E-state index is 10.2. The molecule has 0 amide bonds. The summed E-state index contributed by atoms with van der Waals surface area (Å²) in [7, 11) is 0. The van der Waals surface area contributed by atoms with Gasteiger partial charge in [0.25, 0.3) is 5.70 Å². The van der Waals surface area contributed by atoms with Crippen molar-refractivity contribution in [1.29, 1.82) is 0 Å². The van der Waals surface area contributed by atoms with Gasteiger partial charge >= 0.3 is 5.97 Å². The van der Waals surface area contributed by atoms with E-state index in [-0.39, 0.29) is 5.70 Å². The molecule has 0 bridgehead atoms. The van der Waals surface area contributed by atoms with E-state index in [0.29, 0.717) is 10.7 Å². The van der Waals surface area contributed by atoms with Gasteiger partial charge in [0, 0.05) is 11.8 Å². The van der Waals surface area contributed by atoms with Gasteiger partial charge in [0.1, 0.15) is 5.82 Å². The molecule has 138 valence electrons. The molecule has 0 saturated heterocycles. The summed E-state index contributed by atoms with van der Waals surface area (Å²) in [5.74, 6) is 7.40. The lowest BCUT2D eigenvalue weighted by Gasteiger charge is -1.94. The molecule has 0 unspecified atom stereocenters. The quantitative estimate of drug-likeness (QED) is 0.233. The number of aromatic amines is 1. The fourth-order valence-electron chi connectivity index (χ4n) is 0.942. The molecule has 0 aromatic carbocycles. The van der Waals surface area contributed by atoms with E-state index in [1.807, 2.05) is 20.8 Å². The molecule has 1 aromatic heterocycles. The summed E-state index contributed by atoms with van der Waals surface area (Å²) in [5, 5.41) is 14.8. The first-order chi connectivity index (χ1) is 11.7. The Kier molecular flexibility index (Phi) is 19.0. The largest absolute Gasteiger partial charge is 0.486 e. The van der Waals surface area contributed by atoms with Crippen LogP contribution >= 0.6 is 11.8 Å². The summed E-state index contributed by atoms with van der Waals surface area (Å²) in [6.07, 6.45) is 3.24. The van der Waals surface area contributed by atoms with Gasteiger partial charge in [-0.1, -0.05) is 19.4 Å². The number of nitrogens with zero attached hydrogens (tertiary/aromatic N) is 3. The number of thioether (sulfide) groups is 1. The highest BCUT2D eigenvalue weighted by molar-refractivity contribution is 8.02. The fraction of sp³-hybridized carbons (Fsp3) is 0.333. The molecule has 10 heteroatoms. The summed E-state index contributed by atoms with van der Waals surface area (Å²) >= 11 is 1.27. The Labute approximate surface area is 152 Å². The normalized spacial score (nSPS) is 9.00. The number of nitrogen functional groups attached to an aromatic ring is 1. The zero-order chi connectivity index (χ0) is 20.4. The Morgan fingerprint density at radius 1 is 1.36 bits per heavy atom. The number of H-pyrrole nitrogens is 1. The number of carboxylic acids is 1. The van der Waals surface area contributed by atoms with E-state index in [2.05, 4.69) is 31.6 Å².